The van der Waals surface area contributed by atoms with Crippen LogP contribution in [-0.4, -0.2) is 6.61 Å². The fraction of sp³-hybridized carbons (Fsp3) is 1.00. The molecule has 4 heavy (non-hydrogen) atoms. The van der Waals surface area contributed by atoms with Gasteiger partial charge in [-0.25, -0.2) is 8.78 Å². The first kappa shape index (κ1) is 3.82. The van der Waals surface area contributed by atoms with Crippen LogP contribution in [0.5, 0.6) is 0 Å². The maximum Gasteiger partial charge on any atom is 0.175 e. The second-order valence-corrected chi connectivity index (χ2v) is 0.261. The summed E-state index contributed by atoms with van der Waals surface area (Å²) in [6.45, 7) is -3.42. The van der Waals surface area contributed by atoms with Crippen molar-refractivity contribution < 1.29 is 13.9 Å². The Kier molecular flexibility index (Phi) is 1.12. The average Bonchev–Trinajstić information content (AvgIpc) is 0.811. The fourth-order valence-electron chi connectivity index (χ4n) is 0. The lowest BCUT2D eigenvalue weighted by atomic mass is 11.5. The van der Waals surface area contributed by atoms with Gasteiger partial charge in [-0.2, -0.15) is 0 Å². The Morgan fingerprint density at radius 1 is 1.50 bits per heavy atom. The molecule has 0 aromatic heterocycles. The van der Waals surface area contributed by atoms with Crippen LogP contribution in [0.4, 0.5) is 8.78 Å². The number of hydrogen-bond acceptors (Lipinski definition) is 1. The Morgan fingerprint density at radius 3 is 1.50 bits per heavy atom. The van der Waals surface area contributed by atoms with Crippen LogP contribution in [0.1, 0.15) is 0 Å². The maximum absolute atomic E-state index is 9.78. The van der Waals surface area contributed by atoms with Crippen molar-refractivity contribution in [1.29, 1.82) is 0 Å². The number of alkyl halides is 2. The van der Waals surface area contributed by atoms with Crippen molar-refractivity contribution in [3.63, 3.8) is 0 Å². The lowest BCUT2D eigenvalue weighted by Crippen LogP contribution is -2.10. The molecule has 0 aliphatic carbocycles. The van der Waals surface area contributed by atoms with Crippen LogP contribution in [-0.2, 0) is 0 Å². The van der Waals surface area contributed by atoms with Crippen molar-refractivity contribution in [2.75, 3.05) is 0 Å². The number of hydrogen-bond donors (Lipinski definition) is 0. The fourth-order valence-corrected chi connectivity index (χ4v) is 0. The first-order valence-electron chi connectivity index (χ1n) is 0.672. The van der Waals surface area contributed by atoms with Gasteiger partial charge in [0.25, 0.3) is 0 Å². The summed E-state index contributed by atoms with van der Waals surface area (Å²) in [5, 5.41) is 8.19. The molecule has 0 heterocycles. The molecular weight excluding hydrogens is 66.0 g/mol. The van der Waals surface area contributed by atoms with E-state index in [9.17, 15) is 8.78 Å². The van der Waals surface area contributed by atoms with Crippen LogP contribution in [0.15, 0.2) is 0 Å². The third-order valence-electron chi connectivity index (χ3n) is 0. The quantitative estimate of drug-likeness (QED) is 0.377. The van der Waals surface area contributed by atoms with E-state index in [1.54, 1.807) is 0 Å². The standard InChI is InChI=1S/CHF2O/c2-1(3)4/h1H/q-1. The molecule has 0 radical (unpaired) electrons. The summed E-state index contributed by atoms with van der Waals surface area (Å²) in [6.07, 6.45) is 0. The van der Waals surface area contributed by atoms with Crippen molar-refractivity contribution in [2.45, 2.75) is 6.61 Å². The first-order valence-corrected chi connectivity index (χ1v) is 0.672. The number of halogens is 2. The van der Waals surface area contributed by atoms with Gasteiger partial charge in [0.05, 0.1) is 0 Å². The summed E-state index contributed by atoms with van der Waals surface area (Å²) in [4.78, 5) is 0. The van der Waals surface area contributed by atoms with Crippen LogP contribution in [0.3, 0.4) is 0 Å². The predicted molar refractivity (Wildman–Crippen MR) is 6.00 cm³/mol. The lowest BCUT2D eigenvalue weighted by Gasteiger charge is -1.91. The minimum absolute atomic E-state index is 3.42. The van der Waals surface area contributed by atoms with Gasteiger partial charge in [-0.15, -0.1) is 0 Å². The van der Waals surface area contributed by atoms with Gasteiger partial charge in [0, 0.05) is 0 Å². The second-order valence-electron chi connectivity index (χ2n) is 0.261. The van der Waals surface area contributed by atoms with Gasteiger partial charge in [0.1, 0.15) is 0 Å². The third-order valence-corrected chi connectivity index (χ3v) is 0. The molecule has 0 N–H and O–H groups in total. The van der Waals surface area contributed by atoms with Crippen molar-refractivity contribution in [1.82, 2.24) is 0 Å². The third kappa shape index (κ3) is 37.8. The van der Waals surface area contributed by atoms with Gasteiger partial charge in [-0.05, 0) is 0 Å². The Bertz CT molecular complexity index is 10.8. The monoisotopic (exact) mass is 67.0 g/mol. The van der Waals surface area contributed by atoms with Crippen molar-refractivity contribution in [2.24, 2.45) is 0 Å². The molecule has 0 saturated heterocycles. The highest BCUT2D eigenvalue weighted by Gasteiger charge is 1.65. The predicted octanol–water partition coefficient (Wildman–Crippen LogP) is -0.431. The molecule has 0 spiro atoms. The van der Waals surface area contributed by atoms with Crippen molar-refractivity contribution in [3.8, 4) is 0 Å². The highest BCUT2D eigenvalue weighted by atomic mass is 19.3. The van der Waals surface area contributed by atoms with E-state index in [2.05, 4.69) is 0 Å². The van der Waals surface area contributed by atoms with E-state index in [1.165, 1.54) is 0 Å². The van der Waals surface area contributed by atoms with Gasteiger partial charge in [-0.3, -0.25) is 0 Å². The van der Waals surface area contributed by atoms with Gasteiger partial charge in [0.2, 0.25) is 0 Å². The molecular formula is CHF2O-. The molecule has 0 atom stereocenters. The van der Waals surface area contributed by atoms with E-state index in [0.717, 1.165) is 0 Å². The minimum Gasteiger partial charge on any atom is -0.801 e. The maximum atomic E-state index is 9.78. The highest BCUT2D eigenvalue weighted by molar-refractivity contribution is 3.75. The number of rotatable bonds is 0. The molecule has 1 nitrogen and oxygen atoms in total. The van der Waals surface area contributed by atoms with Gasteiger partial charge >= 0.3 is 0 Å². The van der Waals surface area contributed by atoms with Crippen molar-refractivity contribution in [3.05, 3.63) is 0 Å². The molecule has 0 bridgehead atoms. The summed E-state index contributed by atoms with van der Waals surface area (Å²) >= 11 is 0. The summed E-state index contributed by atoms with van der Waals surface area (Å²) in [5.74, 6) is 0. The molecule has 0 fully saturated rings. The van der Waals surface area contributed by atoms with Crippen LogP contribution < -0.4 is 5.11 Å². The van der Waals surface area contributed by atoms with E-state index < -0.39 is 6.61 Å². The Hall–Kier alpha value is -0.180. The van der Waals surface area contributed by atoms with Gasteiger partial charge in [0.15, 0.2) is 6.61 Å². The van der Waals surface area contributed by atoms with E-state index in [0.29, 0.717) is 0 Å². The molecule has 0 aromatic rings. The largest absolute Gasteiger partial charge is 0.801 e. The van der Waals surface area contributed by atoms with E-state index in [-0.39, 0.29) is 0 Å². The Labute approximate surface area is 21.9 Å². The Morgan fingerprint density at radius 2 is 1.50 bits per heavy atom. The average molecular weight is 67.0 g/mol. The van der Waals surface area contributed by atoms with Crippen LogP contribution in [0.2, 0.25) is 0 Å². The normalized spacial score (nSPS) is 9.00. The topological polar surface area (TPSA) is 23.1 Å². The minimum atomic E-state index is -3.42. The summed E-state index contributed by atoms with van der Waals surface area (Å²) in [5.41, 5.74) is 0. The van der Waals surface area contributed by atoms with Crippen LogP contribution in [0.25, 0.3) is 0 Å². The van der Waals surface area contributed by atoms with Crippen molar-refractivity contribution >= 4 is 0 Å². The SMILES string of the molecule is [O-]C(F)F. The molecule has 0 aliphatic heterocycles. The zero-order valence-corrected chi connectivity index (χ0v) is 1.74. The molecule has 3 heteroatoms. The molecule has 0 rings (SSSR count). The molecule has 0 amide bonds. The molecule has 0 aliphatic rings. The van der Waals surface area contributed by atoms with E-state index in [1.807, 2.05) is 0 Å². The van der Waals surface area contributed by atoms with E-state index in [4.69, 9.17) is 5.11 Å². The summed E-state index contributed by atoms with van der Waals surface area (Å²) in [7, 11) is 0. The molecule has 0 aromatic carbocycles. The molecule has 0 saturated carbocycles. The van der Waals surface area contributed by atoms with Crippen LogP contribution in [0, 0.1) is 0 Å². The highest BCUT2D eigenvalue weighted by Crippen LogP contribution is 1.70. The molecule has 0 unspecified atom stereocenters. The van der Waals surface area contributed by atoms with E-state index >= 15 is 0 Å². The zero-order valence-electron chi connectivity index (χ0n) is 1.74. The zero-order chi connectivity index (χ0) is 3.58. The van der Waals surface area contributed by atoms with Gasteiger partial charge < -0.3 is 5.11 Å². The first-order chi connectivity index (χ1) is 1.73. The molecule has 26 valence electrons. The smallest absolute Gasteiger partial charge is 0.175 e. The second kappa shape index (κ2) is 1.17. The van der Waals surface area contributed by atoms with Crippen LogP contribution >= 0.6 is 0 Å². The summed E-state index contributed by atoms with van der Waals surface area (Å²) in [6, 6.07) is 0. The Balaban J connectivity index is 2.32. The summed E-state index contributed by atoms with van der Waals surface area (Å²) < 4.78 is 19.6. The lowest BCUT2D eigenvalue weighted by molar-refractivity contribution is -0.501. The van der Waals surface area contributed by atoms with Gasteiger partial charge in [-0.1, -0.05) is 0 Å².